The van der Waals surface area contributed by atoms with E-state index in [1.807, 2.05) is 24.3 Å². The van der Waals surface area contributed by atoms with Gasteiger partial charge in [-0.15, -0.1) is 11.6 Å². The van der Waals surface area contributed by atoms with Crippen molar-refractivity contribution in [3.05, 3.63) is 46.0 Å². The first-order chi connectivity index (χ1) is 8.69. The molecule has 3 nitrogen and oxygen atoms in total. The molecule has 1 atom stereocenters. The normalized spacial score (nSPS) is 12.6. The summed E-state index contributed by atoms with van der Waals surface area (Å²) in [4.78, 5) is 4.33. The summed E-state index contributed by atoms with van der Waals surface area (Å²) in [7, 11) is 0. The van der Waals surface area contributed by atoms with E-state index in [0.717, 1.165) is 22.9 Å². The van der Waals surface area contributed by atoms with E-state index >= 15 is 0 Å². The fourth-order valence-electron chi connectivity index (χ4n) is 1.67. The van der Waals surface area contributed by atoms with Crippen LogP contribution in [0.25, 0.3) is 0 Å². The smallest absolute Gasteiger partial charge is 0.231 e. The number of halogens is 2. The van der Waals surface area contributed by atoms with Crippen LogP contribution in [-0.4, -0.2) is 10.1 Å². The lowest BCUT2D eigenvalue weighted by atomic mass is 10.1. The minimum Gasteiger partial charge on any atom is -0.339 e. The van der Waals surface area contributed by atoms with Crippen molar-refractivity contribution in [2.45, 2.75) is 31.6 Å². The second kappa shape index (κ2) is 6.34. The molecule has 0 bridgehead atoms. The third-order valence-corrected chi connectivity index (χ3v) is 3.46. The molecule has 1 aromatic carbocycles. The Labute approximate surface area is 120 Å². The van der Waals surface area contributed by atoms with Crippen LogP contribution in [0.5, 0.6) is 0 Å². The molecule has 2 aromatic rings. The second-order valence-corrected chi connectivity index (χ2v) is 5.55. The molecule has 18 heavy (non-hydrogen) atoms. The Morgan fingerprint density at radius 1 is 1.44 bits per heavy atom. The summed E-state index contributed by atoms with van der Waals surface area (Å²) in [5, 5.41) is 3.77. The van der Waals surface area contributed by atoms with Gasteiger partial charge in [0.25, 0.3) is 0 Å². The Morgan fingerprint density at radius 3 is 3.00 bits per heavy atom. The van der Waals surface area contributed by atoms with Crippen LogP contribution in [0.2, 0.25) is 0 Å². The molecular formula is C13H14BrClN2O. The monoisotopic (exact) mass is 328 g/mol. The van der Waals surface area contributed by atoms with Crippen molar-refractivity contribution in [3.63, 3.8) is 0 Å². The first-order valence-corrected chi connectivity index (χ1v) is 7.13. The van der Waals surface area contributed by atoms with Gasteiger partial charge in [-0.25, -0.2) is 0 Å². The molecule has 1 heterocycles. The second-order valence-electron chi connectivity index (χ2n) is 4.11. The van der Waals surface area contributed by atoms with Crippen molar-refractivity contribution >= 4 is 27.5 Å². The molecule has 1 unspecified atom stereocenters. The van der Waals surface area contributed by atoms with Gasteiger partial charge in [-0.2, -0.15) is 4.98 Å². The number of benzene rings is 1. The summed E-state index contributed by atoms with van der Waals surface area (Å²) in [5.74, 6) is 1.19. The molecule has 96 valence electrons. The molecule has 0 amide bonds. The van der Waals surface area contributed by atoms with Crippen LogP contribution in [0, 0.1) is 0 Å². The molecule has 0 aliphatic rings. The highest BCUT2D eigenvalue weighted by Crippen LogP contribution is 2.23. The average Bonchev–Trinajstić information content (AvgIpc) is 2.78. The maximum Gasteiger partial charge on any atom is 0.231 e. The van der Waals surface area contributed by atoms with Crippen molar-refractivity contribution in [1.29, 1.82) is 0 Å². The molecule has 5 heteroatoms. The van der Waals surface area contributed by atoms with E-state index in [-0.39, 0.29) is 5.38 Å². The van der Waals surface area contributed by atoms with E-state index in [2.05, 4.69) is 33.0 Å². The van der Waals surface area contributed by atoms with Gasteiger partial charge in [0.1, 0.15) is 0 Å². The highest BCUT2D eigenvalue weighted by molar-refractivity contribution is 9.10. The quantitative estimate of drug-likeness (QED) is 0.758. The Kier molecular flexibility index (Phi) is 4.78. The zero-order valence-corrected chi connectivity index (χ0v) is 12.4. The highest BCUT2D eigenvalue weighted by atomic mass is 79.9. The minimum atomic E-state index is -0.157. The van der Waals surface area contributed by atoms with Crippen LogP contribution in [0.3, 0.4) is 0 Å². The zero-order valence-electron chi connectivity index (χ0n) is 10.1. The molecule has 0 radical (unpaired) electrons. The Hall–Kier alpha value is -0.870. The summed E-state index contributed by atoms with van der Waals surface area (Å²) < 4.78 is 6.26. The van der Waals surface area contributed by atoms with Gasteiger partial charge in [0.15, 0.2) is 5.82 Å². The third-order valence-electron chi connectivity index (χ3n) is 2.55. The number of rotatable bonds is 5. The van der Waals surface area contributed by atoms with Gasteiger partial charge in [-0.1, -0.05) is 46.6 Å². The van der Waals surface area contributed by atoms with Crippen LogP contribution in [0.4, 0.5) is 0 Å². The van der Waals surface area contributed by atoms with E-state index < -0.39 is 0 Å². The number of alkyl halides is 1. The lowest BCUT2D eigenvalue weighted by molar-refractivity contribution is 0.378. The summed E-state index contributed by atoms with van der Waals surface area (Å²) in [5.41, 5.74) is 1.13. The molecule has 0 N–H and O–H groups in total. The van der Waals surface area contributed by atoms with E-state index in [1.165, 1.54) is 0 Å². The van der Waals surface area contributed by atoms with Crippen LogP contribution >= 0.6 is 27.5 Å². The predicted octanol–water partition coefficient (Wildman–Crippen LogP) is 4.50. The van der Waals surface area contributed by atoms with Gasteiger partial charge >= 0.3 is 0 Å². The first-order valence-electron chi connectivity index (χ1n) is 5.90. The van der Waals surface area contributed by atoms with Crippen molar-refractivity contribution in [1.82, 2.24) is 10.1 Å². The van der Waals surface area contributed by atoms with Gasteiger partial charge in [0, 0.05) is 4.47 Å². The standard InChI is InChI=1S/C13H14BrClN2O/c1-2-4-11(15)13-16-12(18-17-13)8-9-5-3-6-10(14)7-9/h3,5-7,11H,2,4,8H2,1H3. The van der Waals surface area contributed by atoms with Gasteiger partial charge in [0.2, 0.25) is 5.89 Å². The molecule has 2 rings (SSSR count). The zero-order chi connectivity index (χ0) is 13.0. The fraction of sp³-hybridized carbons (Fsp3) is 0.385. The Balaban J connectivity index is 2.06. The molecule has 0 spiro atoms. The lowest BCUT2D eigenvalue weighted by Gasteiger charge is -1.99. The van der Waals surface area contributed by atoms with Crippen molar-refractivity contribution < 1.29 is 4.52 Å². The SMILES string of the molecule is CCCC(Cl)c1noc(Cc2cccc(Br)c2)n1. The highest BCUT2D eigenvalue weighted by Gasteiger charge is 2.15. The van der Waals surface area contributed by atoms with Crippen LogP contribution in [0.1, 0.15) is 42.4 Å². The van der Waals surface area contributed by atoms with Gasteiger partial charge in [0.05, 0.1) is 11.8 Å². The predicted molar refractivity (Wildman–Crippen MR) is 74.7 cm³/mol. The van der Waals surface area contributed by atoms with Crippen LogP contribution in [-0.2, 0) is 6.42 Å². The average molecular weight is 330 g/mol. The van der Waals surface area contributed by atoms with Crippen LogP contribution < -0.4 is 0 Å². The molecule has 0 fully saturated rings. The van der Waals surface area contributed by atoms with Gasteiger partial charge in [-0.05, 0) is 24.1 Å². The minimum absolute atomic E-state index is 0.157. The van der Waals surface area contributed by atoms with Crippen molar-refractivity contribution in [2.75, 3.05) is 0 Å². The van der Waals surface area contributed by atoms with E-state index in [0.29, 0.717) is 18.1 Å². The topological polar surface area (TPSA) is 38.9 Å². The van der Waals surface area contributed by atoms with Crippen molar-refractivity contribution in [2.24, 2.45) is 0 Å². The van der Waals surface area contributed by atoms with Crippen LogP contribution in [0.15, 0.2) is 33.3 Å². The van der Waals surface area contributed by atoms with E-state index in [1.54, 1.807) is 0 Å². The number of nitrogens with zero attached hydrogens (tertiary/aromatic N) is 2. The number of hydrogen-bond donors (Lipinski definition) is 0. The maximum atomic E-state index is 6.16. The van der Waals surface area contributed by atoms with Gasteiger partial charge < -0.3 is 4.52 Å². The summed E-state index contributed by atoms with van der Waals surface area (Å²) in [6.45, 7) is 2.08. The first kappa shape index (κ1) is 13.6. The Bertz CT molecular complexity index is 515. The fourth-order valence-corrected chi connectivity index (χ4v) is 2.42. The van der Waals surface area contributed by atoms with E-state index in [9.17, 15) is 0 Å². The van der Waals surface area contributed by atoms with E-state index in [4.69, 9.17) is 16.1 Å². The Morgan fingerprint density at radius 2 is 2.28 bits per heavy atom. The maximum absolute atomic E-state index is 6.16. The molecule has 0 saturated heterocycles. The molecule has 1 aromatic heterocycles. The largest absolute Gasteiger partial charge is 0.339 e. The lowest BCUT2D eigenvalue weighted by Crippen LogP contribution is -1.94. The number of hydrogen-bond acceptors (Lipinski definition) is 3. The summed E-state index contributed by atoms with van der Waals surface area (Å²) in [6.07, 6.45) is 2.49. The summed E-state index contributed by atoms with van der Waals surface area (Å²) >= 11 is 9.59. The number of aromatic nitrogens is 2. The summed E-state index contributed by atoms with van der Waals surface area (Å²) in [6, 6.07) is 8.03. The molecule has 0 aliphatic heterocycles. The molecule has 0 aliphatic carbocycles. The molecular weight excluding hydrogens is 316 g/mol. The van der Waals surface area contributed by atoms with Gasteiger partial charge in [-0.3, -0.25) is 0 Å². The third kappa shape index (κ3) is 3.56. The van der Waals surface area contributed by atoms with Crippen molar-refractivity contribution in [3.8, 4) is 0 Å². The molecule has 0 saturated carbocycles.